The van der Waals surface area contributed by atoms with Gasteiger partial charge in [-0.1, -0.05) is 36.7 Å². The molecule has 1 heterocycles. The van der Waals surface area contributed by atoms with Crippen molar-refractivity contribution in [2.24, 2.45) is 0 Å². The lowest BCUT2D eigenvalue weighted by atomic mass is 10.2. The number of nitrogens with zero attached hydrogens (tertiary/aromatic N) is 4. The Hall–Kier alpha value is -3.02. The van der Waals surface area contributed by atoms with Crippen LogP contribution in [0.4, 0.5) is 5.69 Å². The molecule has 9 heteroatoms. The summed E-state index contributed by atoms with van der Waals surface area (Å²) in [5.74, 6) is 1.35. The lowest BCUT2D eigenvalue weighted by Crippen LogP contribution is -2.23. The summed E-state index contributed by atoms with van der Waals surface area (Å²) in [7, 11) is 1.63. The van der Waals surface area contributed by atoms with Crippen molar-refractivity contribution in [2.75, 3.05) is 12.4 Å². The Morgan fingerprint density at radius 2 is 2.03 bits per heavy atom. The van der Waals surface area contributed by atoms with E-state index in [0.717, 1.165) is 36.5 Å². The number of halogens is 1. The van der Waals surface area contributed by atoms with Crippen LogP contribution in [0.3, 0.4) is 0 Å². The smallest absolute Gasteiger partial charge is 0.237 e. The van der Waals surface area contributed by atoms with Crippen LogP contribution in [0.25, 0.3) is 11.4 Å². The van der Waals surface area contributed by atoms with Crippen molar-refractivity contribution in [2.45, 2.75) is 43.6 Å². The Balaban J connectivity index is 1.77. The molecule has 1 atom stereocenters. The Morgan fingerprint density at radius 1 is 1.28 bits per heavy atom. The summed E-state index contributed by atoms with van der Waals surface area (Å²) >= 11 is 7.41. The summed E-state index contributed by atoms with van der Waals surface area (Å²) in [4.78, 5) is 12.7. The fourth-order valence-corrected chi connectivity index (χ4v) is 4.08. The maximum atomic E-state index is 12.7. The number of ether oxygens (including phenoxy) is 1. The lowest BCUT2D eigenvalue weighted by molar-refractivity contribution is -0.115. The van der Waals surface area contributed by atoms with Gasteiger partial charge in [-0.2, -0.15) is 5.26 Å². The Labute approximate surface area is 196 Å². The molecule has 1 aromatic heterocycles. The normalized spacial score (nSPS) is 11.6. The molecule has 0 aliphatic rings. The van der Waals surface area contributed by atoms with E-state index < -0.39 is 5.25 Å². The highest BCUT2D eigenvalue weighted by Gasteiger charge is 2.21. The van der Waals surface area contributed by atoms with Gasteiger partial charge in [-0.3, -0.25) is 4.79 Å². The summed E-state index contributed by atoms with van der Waals surface area (Å²) < 4.78 is 7.29. The number of amides is 1. The van der Waals surface area contributed by atoms with Gasteiger partial charge in [0.15, 0.2) is 11.0 Å². The van der Waals surface area contributed by atoms with Crippen LogP contribution >= 0.6 is 23.4 Å². The van der Waals surface area contributed by atoms with Crippen LogP contribution in [-0.2, 0) is 11.3 Å². The number of unbranched alkanes of at least 4 members (excludes halogenated alkanes) is 1. The van der Waals surface area contributed by atoms with Gasteiger partial charge in [-0.25, -0.2) is 0 Å². The molecule has 2 aromatic carbocycles. The maximum Gasteiger partial charge on any atom is 0.237 e. The van der Waals surface area contributed by atoms with Gasteiger partial charge >= 0.3 is 0 Å². The third kappa shape index (κ3) is 5.61. The molecule has 0 bridgehead atoms. The fraction of sp³-hybridized carbons (Fsp3) is 0.304. The van der Waals surface area contributed by atoms with Crippen LogP contribution in [0.15, 0.2) is 47.6 Å². The Bertz CT molecular complexity index is 1120. The highest BCUT2D eigenvalue weighted by atomic mass is 35.5. The number of benzene rings is 2. The maximum absolute atomic E-state index is 12.7. The van der Waals surface area contributed by atoms with Crippen molar-refractivity contribution in [1.29, 1.82) is 5.26 Å². The number of rotatable bonds is 9. The molecule has 166 valence electrons. The zero-order valence-electron chi connectivity index (χ0n) is 18.1. The van der Waals surface area contributed by atoms with Crippen molar-refractivity contribution in [3.8, 4) is 23.2 Å². The SMILES string of the molecule is CCCCn1c(SC(C)C(=O)Nc2ccc(C#N)c(Cl)c2)nnc1-c1ccc(OC)cc1. The first-order valence-corrected chi connectivity index (χ1v) is 11.5. The van der Waals surface area contributed by atoms with Crippen molar-refractivity contribution in [3.63, 3.8) is 0 Å². The largest absolute Gasteiger partial charge is 0.497 e. The number of hydrogen-bond donors (Lipinski definition) is 1. The second-order valence-electron chi connectivity index (χ2n) is 7.10. The average molecular weight is 470 g/mol. The third-order valence-corrected chi connectivity index (χ3v) is 6.20. The van der Waals surface area contributed by atoms with E-state index in [1.807, 2.05) is 37.3 Å². The molecule has 0 saturated carbocycles. The number of carbonyl (C=O) groups is 1. The summed E-state index contributed by atoms with van der Waals surface area (Å²) in [5, 5.41) is 21.2. The Morgan fingerprint density at radius 3 is 2.66 bits per heavy atom. The molecule has 0 radical (unpaired) electrons. The number of hydrogen-bond acceptors (Lipinski definition) is 6. The van der Waals surface area contributed by atoms with E-state index >= 15 is 0 Å². The zero-order chi connectivity index (χ0) is 23.1. The van der Waals surface area contributed by atoms with Gasteiger partial charge in [0.25, 0.3) is 0 Å². The van der Waals surface area contributed by atoms with Crippen molar-refractivity contribution < 1.29 is 9.53 Å². The second-order valence-corrected chi connectivity index (χ2v) is 8.81. The average Bonchev–Trinajstić information content (AvgIpc) is 3.19. The highest BCUT2D eigenvalue weighted by Crippen LogP contribution is 2.29. The number of thioether (sulfide) groups is 1. The molecule has 32 heavy (non-hydrogen) atoms. The number of carbonyl (C=O) groups excluding carboxylic acids is 1. The lowest BCUT2D eigenvalue weighted by Gasteiger charge is -2.14. The van der Waals surface area contributed by atoms with Gasteiger partial charge in [0.2, 0.25) is 5.91 Å². The summed E-state index contributed by atoms with van der Waals surface area (Å²) in [6, 6.07) is 14.5. The van der Waals surface area contributed by atoms with E-state index in [1.165, 1.54) is 11.8 Å². The molecule has 3 rings (SSSR count). The monoisotopic (exact) mass is 469 g/mol. The van der Waals surface area contributed by atoms with Crippen LogP contribution < -0.4 is 10.1 Å². The molecule has 3 aromatic rings. The van der Waals surface area contributed by atoms with Crippen molar-refractivity contribution in [1.82, 2.24) is 14.8 Å². The van der Waals surface area contributed by atoms with Gasteiger partial charge in [0.05, 0.1) is 22.9 Å². The standard InChI is InChI=1S/C23H24ClN5O2S/c1-4-5-12-29-21(16-7-10-19(31-3)11-8-16)27-28-23(29)32-15(2)22(30)26-18-9-6-17(14-25)20(24)13-18/h6-11,13,15H,4-5,12H2,1-3H3,(H,26,30). The highest BCUT2D eigenvalue weighted by molar-refractivity contribution is 8.00. The summed E-state index contributed by atoms with van der Waals surface area (Å²) in [6.45, 7) is 4.70. The number of nitrogens with one attached hydrogen (secondary N) is 1. The van der Waals surface area contributed by atoms with Gasteiger partial charge in [-0.15, -0.1) is 10.2 Å². The minimum atomic E-state index is -0.419. The number of aromatic nitrogens is 3. The summed E-state index contributed by atoms with van der Waals surface area (Å²) in [6.07, 6.45) is 2.00. The van der Waals surface area contributed by atoms with E-state index in [4.69, 9.17) is 21.6 Å². The minimum absolute atomic E-state index is 0.188. The van der Waals surface area contributed by atoms with E-state index in [2.05, 4.69) is 27.0 Å². The molecule has 0 aliphatic carbocycles. The van der Waals surface area contributed by atoms with Gasteiger partial charge < -0.3 is 14.6 Å². The van der Waals surface area contributed by atoms with Crippen LogP contribution in [0.5, 0.6) is 5.75 Å². The molecule has 0 spiro atoms. The van der Waals surface area contributed by atoms with Crippen molar-refractivity contribution in [3.05, 3.63) is 53.1 Å². The number of methoxy groups -OCH3 is 1. The first-order valence-electron chi connectivity index (χ1n) is 10.2. The van der Waals surface area contributed by atoms with E-state index in [0.29, 0.717) is 21.4 Å². The van der Waals surface area contributed by atoms with Crippen LogP contribution in [0.1, 0.15) is 32.3 Å². The molecule has 1 amide bonds. The molecule has 0 saturated heterocycles. The topological polar surface area (TPSA) is 92.8 Å². The Kier molecular flexibility index (Phi) is 8.14. The predicted molar refractivity (Wildman–Crippen MR) is 127 cm³/mol. The van der Waals surface area contributed by atoms with Crippen LogP contribution in [0.2, 0.25) is 5.02 Å². The predicted octanol–water partition coefficient (Wildman–Crippen LogP) is 5.40. The fourth-order valence-electron chi connectivity index (χ4n) is 2.99. The number of nitriles is 1. The van der Waals surface area contributed by atoms with Gasteiger partial charge in [0.1, 0.15) is 11.8 Å². The van der Waals surface area contributed by atoms with E-state index in [9.17, 15) is 4.79 Å². The van der Waals surface area contributed by atoms with E-state index in [-0.39, 0.29) is 5.91 Å². The first-order chi connectivity index (χ1) is 15.5. The second kappa shape index (κ2) is 11.0. The van der Waals surface area contributed by atoms with Crippen LogP contribution in [0, 0.1) is 11.3 Å². The van der Waals surface area contributed by atoms with Crippen molar-refractivity contribution >= 4 is 35.0 Å². The number of anilines is 1. The molecular formula is C23H24ClN5O2S. The minimum Gasteiger partial charge on any atom is -0.497 e. The van der Waals surface area contributed by atoms with Crippen LogP contribution in [-0.4, -0.2) is 33.0 Å². The zero-order valence-corrected chi connectivity index (χ0v) is 19.7. The molecule has 0 aliphatic heterocycles. The molecule has 1 N–H and O–H groups in total. The third-order valence-electron chi connectivity index (χ3n) is 4.81. The molecule has 7 nitrogen and oxygen atoms in total. The van der Waals surface area contributed by atoms with E-state index in [1.54, 1.807) is 25.3 Å². The summed E-state index contributed by atoms with van der Waals surface area (Å²) in [5.41, 5.74) is 1.84. The van der Waals surface area contributed by atoms with Gasteiger partial charge in [0, 0.05) is 17.8 Å². The van der Waals surface area contributed by atoms with Gasteiger partial charge in [-0.05, 0) is 55.8 Å². The quantitative estimate of drug-likeness (QED) is 0.422. The first kappa shape index (κ1) is 23.6. The molecular weight excluding hydrogens is 446 g/mol. The molecule has 1 unspecified atom stereocenters. The molecule has 0 fully saturated rings.